The highest BCUT2D eigenvalue weighted by Gasteiger charge is 2.32. The van der Waals surface area contributed by atoms with Crippen LogP contribution in [-0.4, -0.2) is 40.4 Å². The number of hydrogen-bond acceptors (Lipinski definition) is 5. The van der Waals surface area contributed by atoms with Crippen LogP contribution in [0, 0.1) is 10.1 Å². The molecule has 92 valence electrons. The van der Waals surface area contributed by atoms with Crippen molar-refractivity contribution in [2.24, 2.45) is 0 Å². The van der Waals surface area contributed by atoms with E-state index < -0.39 is 11.0 Å². The predicted octanol–water partition coefficient (Wildman–Crippen LogP) is 0.527. The summed E-state index contributed by atoms with van der Waals surface area (Å²) in [6, 6.07) is 5.80. The maximum atomic E-state index is 10.5. The summed E-state index contributed by atoms with van der Waals surface area (Å²) in [5.74, 6) is 0. The van der Waals surface area contributed by atoms with E-state index in [-0.39, 0.29) is 18.3 Å². The molecule has 17 heavy (non-hydrogen) atoms. The number of nitrogens with zero attached hydrogens (tertiary/aromatic N) is 2. The molecule has 0 radical (unpaired) electrons. The number of benzene rings is 1. The summed E-state index contributed by atoms with van der Waals surface area (Å²) in [4.78, 5) is 11.9. The molecule has 1 aromatic carbocycles. The molecule has 0 spiro atoms. The number of aliphatic hydroxyl groups is 2. The molecule has 2 atom stereocenters. The van der Waals surface area contributed by atoms with E-state index in [1.54, 1.807) is 12.1 Å². The Labute approximate surface area is 98.3 Å². The second-order valence-electron chi connectivity index (χ2n) is 4.07. The normalized spacial score (nSPS) is 24.0. The van der Waals surface area contributed by atoms with Gasteiger partial charge in [0.25, 0.3) is 5.69 Å². The van der Waals surface area contributed by atoms with Crippen LogP contribution in [0.3, 0.4) is 0 Å². The first-order valence-electron chi connectivity index (χ1n) is 5.43. The van der Waals surface area contributed by atoms with E-state index in [4.69, 9.17) is 0 Å². The van der Waals surface area contributed by atoms with Crippen molar-refractivity contribution in [1.29, 1.82) is 0 Å². The third kappa shape index (κ3) is 2.22. The molecular formula is C11H14N2O4. The van der Waals surface area contributed by atoms with Crippen LogP contribution in [0.5, 0.6) is 0 Å². The molecule has 1 aliphatic rings. The van der Waals surface area contributed by atoms with Gasteiger partial charge in [0.15, 0.2) is 0 Å². The second kappa shape index (κ2) is 4.68. The van der Waals surface area contributed by atoms with Gasteiger partial charge in [0.2, 0.25) is 0 Å². The molecule has 2 rings (SSSR count). The molecule has 1 saturated heterocycles. The lowest BCUT2D eigenvalue weighted by atomic mass is 10.2. The fraction of sp³-hybridized carbons (Fsp3) is 0.455. The summed E-state index contributed by atoms with van der Waals surface area (Å²) >= 11 is 0. The van der Waals surface area contributed by atoms with Gasteiger partial charge in [-0.05, 0) is 18.6 Å². The monoisotopic (exact) mass is 238 g/mol. The van der Waals surface area contributed by atoms with Gasteiger partial charge >= 0.3 is 0 Å². The average Bonchev–Trinajstić information content (AvgIpc) is 2.70. The number of anilines is 1. The number of nitro benzene ring substituents is 1. The Hall–Kier alpha value is -1.66. The molecule has 0 aromatic heterocycles. The molecule has 1 aliphatic heterocycles. The molecular weight excluding hydrogens is 224 g/mol. The minimum absolute atomic E-state index is 0.0362. The van der Waals surface area contributed by atoms with Crippen LogP contribution >= 0.6 is 0 Å². The molecule has 0 amide bonds. The van der Waals surface area contributed by atoms with Crippen LogP contribution < -0.4 is 4.90 Å². The molecule has 6 nitrogen and oxygen atoms in total. The topological polar surface area (TPSA) is 86.8 Å². The molecule has 0 bridgehead atoms. The summed E-state index contributed by atoms with van der Waals surface area (Å²) in [7, 11) is 0. The van der Waals surface area contributed by atoms with Crippen molar-refractivity contribution in [1.82, 2.24) is 0 Å². The second-order valence-corrected chi connectivity index (χ2v) is 4.07. The van der Waals surface area contributed by atoms with Crippen LogP contribution in [0.4, 0.5) is 11.4 Å². The highest BCUT2D eigenvalue weighted by atomic mass is 16.6. The van der Waals surface area contributed by atoms with Crippen LogP contribution in [0.1, 0.15) is 6.42 Å². The third-order valence-electron chi connectivity index (χ3n) is 3.09. The minimum atomic E-state index is -0.546. The van der Waals surface area contributed by atoms with E-state index in [0.29, 0.717) is 13.0 Å². The number of nitro groups is 1. The lowest BCUT2D eigenvalue weighted by Gasteiger charge is -2.26. The van der Waals surface area contributed by atoms with Gasteiger partial charge in [0.1, 0.15) is 0 Å². The minimum Gasteiger partial charge on any atom is -0.394 e. The van der Waals surface area contributed by atoms with Crippen LogP contribution in [0.15, 0.2) is 24.3 Å². The summed E-state index contributed by atoms with van der Waals surface area (Å²) in [5, 5.41) is 29.4. The third-order valence-corrected chi connectivity index (χ3v) is 3.09. The quantitative estimate of drug-likeness (QED) is 0.592. The van der Waals surface area contributed by atoms with Gasteiger partial charge in [0.05, 0.1) is 23.7 Å². The summed E-state index contributed by atoms with van der Waals surface area (Å²) < 4.78 is 0. The van der Waals surface area contributed by atoms with Crippen LogP contribution in [0.2, 0.25) is 0 Å². The average molecular weight is 238 g/mol. The van der Waals surface area contributed by atoms with Crippen molar-refractivity contribution in [3.8, 4) is 0 Å². The molecule has 1 fully saturated rings. The van der Waals surface area contributed by atoms with Crippen molar-refractivity contribution in [2.75, 3.05) is 18.1 Å². The molecule has 0 aliphatic carbocycles. The Morgan fingerprint density at radius 3 is 2.59 bits per heavy atom. The van der Waals surface area contributed by atoms with Crippen LogP contribution in [0.25, 0.3) is 0 Å². The van der Waals surface area contributed by atoms with Crippen molar-refractivity contribution < 1.29 is 15.1 Å². The first kappa shape index (κ1) is 11.8. The largest absolute Gasteiger partial charge is 0.394 e. The van der Waals surface area contributed by atoms with Gasteiger partial charge in [-0.15, -0.1) is 0 Å². The van der Waals surface area contributed by atoms with E-state index in [2.05, 4.69) is 0 Å². The highest BCUT2D eigenvalue weighted by molar-refractivity contribution is 5.52. The Balaban J connectivity index is 2.20. The zero-order valence-corrected chi connectivity index (χ0v) is 9.19. The molecule has 0 saturated carbocycles. The molecule has 2 N–H and O–H groups in total. The summed E-state index contributed by atoms with van der Waals surface area (Å²) in [6.07, 6.45) is 0.0533. The first-order valence-corrected chi connectivity index (χ1v) is 5.43. The Morgan fingerprint density at radius 2 is 2.06 bits per heavy atom. The number of aliphatic hydroxyl groups excluding tert-OH is 2. The fourth-order valence-electron chi connectivity index (χ4n) is 2.14. The summed E-state index contributed by atoms with van der Waals surface area (Å²) in [6.45, 7) is 0.516. The Bertz CT molecular complexity index is 406. The van der Waals surface area contributed by atoms with Gasteiger partial charge in [-0.1, -0.05) is 0 Å². The Kier molecular flexibility index (Phi) is 3.26. The van der Waals surface area contributed by atoms with Crippen molar-refractivity contribution in [2.45, 2.75) is 18.6 Å². The van der Waals surface area contributed by atoms with E-state index in [9.17, 15) is 20.3 Å². The molecule has 1 aromatic rings. The standard InChI is InChI=1S/C11H14N2O4/c14-7-10-11(15)5-6-12(10)8-1-3-9(4-2-8)13(16)17/h1-4,10-11,14-15H,5-7H2/t10-,11+/m1/s1. The first-order chi connectivity index (χ1) is 8.13. The zero-order chi connectivity index (χ0) is 12.4. The summed E-state index contributed by atoms with van der Waals surface area (Å²) in [5.41, 5.74) is 0.820. The van der Waals surface area contributed by atoms with Crippen molar-refractivity contribution >= 4 is 11.4 Å². The van der Waals surface area contributed by atoms with Gasteiger partial charge in [-0.3, -0.25) is 10.1 Å². The molecule has 0 unspecified atom stereocenters. The van der Waals surface area contributed by atoms with E-state index in [1.165, 1.54) is 12.1 Å². The smallest absolute Gasteiger partial charge is 0.269 e. The van der Waals surface area contributed by atoms with Gasteiger partial charge in [0, 0.05) is 24.4 Å². The molecule has 1 heterocycles. The maximum Gasteiger partial charge on any atom is 0.269 e. The van der Waals surface area contributed by atoms with E-state index >= 15 is 0 Å². The van der Waals surface area contributed by atoms with E-state index in [1.807, 2.05) is 4.90 Å². The van der Waals surface area contributed by atoms with Crippen molar-refractivity contribution in [3.05, 3.63) is 34.4 Å². The van der Waals surface area contributed by atoms with Gasteiger partial charge in [-0.2, -0.15) is 0 Å². The number of hydrogen-bond donors (Lipinski definition) is 2. The lowest BCUT2D eigenvalue weighted by Crippen LogP contribution is -2.38. The van der Waals surface area contributed by atoms with E-state index in [0.717, 1.165) is 5.69 Å². The predicted molar refractivity (Wildman–Crippen MR) is 61.9 cm³/mol. The maximum absolute atomic E-state index is 10.5. The number of non-ortho nitro benzene ring substituents is 1. The number of rotatable bonds is 3. The van der Waals surface area contributed by atoms with Gasteiger partial charge in [-0.25, -0.2) is 0 Å². The Morgan fingerprint density at radius 1 is 1.41 bits per heavy atom. The van der Waals surface area contributed by atoms with Gasteiger partial charge < -0.3 is 15.1 Å². The highest BCUT2D eigenvalue weighted by Crippen LogP contribution is 2.27. The SMILES string of the molecule is O=[N+]([O-])c1ccc(N2CC[C@H](O)[C@H]2CO)cc1. The van der Waals surface area contributed by atoms with Crippen LogP contribution in [-0.2, 0) is 0 Å². The zero-order valence-electron chi connectivity index (χ0n) is 9.19. The van der Waals surface area contributed by atoms with Crippen molar-refractivity contribution in [3.63, 3.8) is 0 Å². The fourth-order valence-corrected chi connectivity index (χ4v) is 2.14. The molecule has 6 heteroatoms. The lowest BCUT2D eigenvalue weighted by molar-refractivity contribution is -0.384.